The maximum atomic E-state index is 6.19. The average molecular weight is 383 g/mol. The number of benzene rings is 2. The summed E-state index contributed by atoms with van der Waals surface area (Å²) in [6.45, 7) is 0. The maximum absolute atomic E-state index is 6.19. The Morgan fingerprint density at radius 3 is 2.65 bits per heavy atom. The number of nitrogens with zero attached hydrogens (tertiary/aromatic N) is 2. The van der Waals surface area contributed by atoms with Crippen molar-refractivity contribution in [2.75, 3.05) is 5.43 Å². The summed E-state index contributed by atoms with van der Waals surface area (Å²) in [7, 11) is 0. The number of aromatic nitrogens is 1. The predicted molar refractivity (Wildman–Crippen MR) is 100 cm³/mol. The van der Waals surface area contributed by atoms with E-state index in [1.54, 1.807) is 18.3 Å². The summed E-state index contributed by atoms with van der Waals surface area (Å²) in [5.41, 5.74) is 5.32. The molecule has 1 N–H and O–H groups in total. The second-order valence-electron chi connectivity index (χ2n) is 4.55. The number of rotatable bonds is 4. The zero-order valence-corrected chi connectivity index (χ0v) is 14.7. The summed E-state index contributed by atoms with van der Waals surface area (Å²) >= 11 is 19.6. The highest BCUT2D eigenvalue weighted by molar-refractivity contribution is 7.14. The largest absolute Gasteiger partial charge is 0.253 e. The van der Waals surface area contributed by atoms with Crippen molar-refractivity contribution in [3.05, 3.63) is 68.5 Å². The predicted octanol–water partition coefficient (Wildman–Crippen LogP) is 6.22. The van der Waals surface area contributed by atoms with Gasteiger partial charge in [0, 0.05) is 26.6 Å². The highest BCUT2D eigenvalue weighted by atomic mass is 35.5. The van der Waals surface area contributed by atoms with Crippen LogP contribution in [0.15, 0.2) is 52.9 Å². The van der Waals surface area contributed by atoms with E-state index in [-0.39, 0.29) is 0 Å². The van der Waals surface area contributed by atoms with Gasteiger partial charge in [0.25, 0.3) is 0 Å². The van der Waals surface area contributed by atoms with Gasteiger partial charge >= 0.3 is 0 Å². The van der Waals surface area contributed by atoms with E-state index in [0.717, 1.165) is 16.8 Å². The van der Waals surface area contributed by atoms with Crippen LogP contribution in [0, 0.1) is 0 Å². The molecule has 0 aliphatic heterocycles. The third kappa shape index (κ3) is 4.03. The van der Waals surface area contributed by atoms with E-state index >= 15 is 0 Å². The van der Waals surface area contributed by atoms with Gasteiger partial charge in [-0.3, -0.25) is 5.43 Å². The average Bonchev–Trinajstić information content (AvgIpc) is 2.98. The molecular weight excluding hydrogens is 373 g/mol. The lowest BCUT2D eigenvalue weighted by Crippen LogP contribution is -1.90. The molecule has 0 saturated carbocycles. The van der Waals surface area contributed by atoms with Gasteiger partial charge in [-0.05, 0) is 24.3 Å². The van der Waals surface area contributed by atoms with Crippen LogP contribution in [0.25, 0.3) is 11.3 Å². The molecule has 3 aromatic rings. The van der Waals surface area contributed by atoms with Gasteiger partial charge in [-0.25, -0.2) is 4.98 Å². The van der Waals surface area contributed by atoms with Crippen LogP contribution < -0.4 is 5.43 Å². The van der Waals surface area contributed by atoms with Gasteiger partial charge < -0.3 is 0 Å². The Bertz CT molecular complexity index is 861. The van der Waals surface area contributed by atoms with E-state index in [2.05, 4.69) is 15.5 Å². The van der Waals surface area contributed by atoms with Gasteiger partial charge in [-0.1, -0.05) is 53.0 Å². The molecule has 0 aliphatic carbocycles. The summed E-state index contributed by atoms with van der Waals surface area (Å²) < 4.78 is 0. The van der Waals surface area contributed by atoms with Crippen LogP contribution in [-0.2, 0) is 0 Å². The van der Waals surface area contributed by atoms with E-state index in [9.17, 15) is 0 Å². The summed E-state index contributed by atoms with van der Waals surface area (Å²) in [5, 5.41) is 8.52. The normalized spacial score (nSPS) is 11.1. The highest BCUT2D eigenvalue weighted by Gasteiger charge is 2.08. The SMILES string of the molecule is Clc1ccc(-c2csc(N/N=C\c3ccccc3Cl)n2)c(Cl)c1. The Balaban J connectivity index is 1.74. The molecule has 0 unspecified atom stereocenters. The molecule has 1 heterocycles. The van der Waals surface area contributed by atoms with Gasteiger partial charge in [0.15, 0.2) is 0 Å². The molecule has 0 bridgehead atoms. The second-order valence-corrected chi connectivity index (χ2v) is 6.66. The fourth-order valence-corrected chi connectivity index (χ4v) is 3.23. The Morgan fingerprint density at radius 2 is 1.87 bits per heavy atom. The fourth-order valence-electron chi connectivity index (χ4n) is 1.88. The molecule has 0 amide bonds. The third-order valence-corrected chi connectivity index (χ3v) is 4.62. The van der Waals surface area contributed by atoms with Gasteiger partial charge in [0.05, 0.1) is 16.9 Å². The van der Waals surface area contributed by atoms with Crippen LogP contribution in [0.3, 0.4) is 0 Å². The lowest BCUT2D eigenvalue weighted by molar-refractivity contribution is 1.29. The minimum absolute atomic E-state index is 0.564. The molecule has 0 saturated heterocycles. The van der Waals surface area contributed by atoms with E-state index in [4.69, 9.17) is 34.8 Å². The molecule has 0 atom stereocenters. The molecular formula is C16H10Cl3N3S. The van der Waals surface area contributed by atoms with Gasteiger partial charge in [0.1, 0.15) is 0 Å². The van der Waals surface area contributed by atoms with Crippen LogP contribution >= 0.6 is 46.1 Å². The molecule has 0 spiro atoms. The quantitative estimate of drug-likeness (QED) is 0.430. The molecule has 23 heavy (non-hydrogen) atoms. The molecule has 1 aromatic heterocycles. The summed E-state index contributed by atoms with van der Waals surface area (Å²) in [6.07, 6.45) is 1.65. The second kappa shape index (κ2) is 7.32. The first-order valence-electron chi connectivity index (χ1n) is 6.58. The molecule has 3 nitrogen and oxygen atoms in total. The van der Waals surface area contributed by atoms with Gasteiger partial charge in [-0.2, -0.15) is 5.10 Å². The first-order valence-corrected chi connectivity index (χ1v) is 8.59. The monoisotopic (exact) mass is 381 g/mol. The summed E-state index contributed by atoms with van der Waals surface area (Å²) in [6, 6.07) is 12.8. The van der Waals surface area contributed by atoms with Crippen molar-refractivity contribution in [1.82, 2.24) is 4.98 Å². The third-order valence-electron chi connectivity index (χ3n) is 2.98. The Kier molecular flexibility index (Phi) is 5.18. The molecule has 0 aliphatic rings. The smallest absolute Gasteiger partial charge is 0.203 e. The number of hydrazone groups is 1. The number of hydrogen-bond acceptors (Lipinski definition) is 4. The zero-order valence-electron chi connectivity index (χ0n) is 11.6. The standard InChI is InChI=1S/C16H10Cl3N3S/c17-11-5-6-12(14(19)7-11)15-9-23-16(21-15)22-20-8-10-3-1-2-4-13(10)18/h1-9H,(H,21,22)/b20-8-. The van der Waals surface area contributed by atoms with Crippen LogP contribution in [0.2, 0.25) is 15.1 Å². The molecule has 7 heteroatoms. The Hall–Kier alpha value is -1.59. The molecule has 2 aromatic carbocycles. The first kappa shape index (κ1) is 16.3. The Morgan fingerprint density at radius 1 is 1.04 bits per heavy atom. The molecule has 3 rings (SSSR count). The maximum Gasteiger partial charge on any atom is 0.203 e. The lowest BCUT2D eigenvalue weighted by atomic mass is 10.2. The zero-order chi connectivity index (χ0) is 16.2. The minimum Gasteiger partial charge on any atom is -0.253 e. The van der Waals surface area contributed by atoms with Crippen molar-refractivity contribution in [2.24, 2.45) is 5.10 Å². The van der Waals surface area contributed by atoms with Crippen LogP contribution in [0.5, 0.6) is 0 Å². The van der Waals surface area contributed by atoms with Crippen LogP contribution in [0.4, 0.5) is 5.13 Å². The van der Waals surface area contributed by atoms with E-state index in [1.807, 2.05) is 35.7 Å². The van der Waals surface area contributed by atoms with Crippen LogP contribution in [0.1, 0.15) is 5.56 Å². The summed E-state index contributed by atoms with van der Waals surface area (Å²) in [5.74, 6) is 0. The van der Waals surface area contributed by atoms with Crippen molar-refractivity contribution in [3.63, 3.8) is 0 Å². The number of anilines is 1. The van der Waals surface area contributed by atoms with E-state index in [1.165, 1.54) is 11.3 Å². The summed E-state index contributed by atoms with van der Waals surface area (Å²) in [4.78, 5) is 4.46. The van der Waals surface area contributed by atoms with E-state index < -0.39 is 0 Å². The molecule has 116 valence electrons. The Labute approximate surface area is 152 Å². The minimum atomic E-state index is 0.564. The molecule has 0 radical (unpaired) electrons. The fraction of sp³-hybridized carbons (Fsp3) is 0. The highest BCUT2D eigenvalue weighted by Crippen LogP contribution is 2.32. The lowest BCUT2D eigenvalue weighted by Gasteiger charge is -2.00. The number of halogens is 3. The van der Waals surface area contributed by atoms with Crippen molar-refractivity contribution in [3.8, 4) is 11.3 Å². The number of hydrogen-bond donors (Lipinski definition) is 1. The van der Waals surface area contributed by atoms with E-state index in [0.29, 0.717) is 20.2 Å². The number of nitrogens with one attached hydrogen (secondary N) is 1. The van der Waals surface area contributed by atoms with Crippen molar-refractivity contribution in [1.29, 1.82) is 0 Å². The molecule has 0 fully saturated rings. The van der Waals surface area contributed by atoms with Gasteiger partial charge in [-0.15, -0.1) is 11.3 Å². The van der Waals surface area contributed by atoms with Crippen molar-refractivity contribution >= 4 is 57.5 Å². The number of thiazole rings is 1. The van der Waals surface area contributed by atoms with Crippen LogP contribution in [-0.4, -0.2) is 11.2 Å². The topological polar surface area (TPSA) is 37.3 Å². The van der Waals surface area contributed by atoms with Gasteiger partial charge in [0.2, 0.25) is 5.13 Å². The van der Waals surface area contributed by atoms with Crippen molar-refractivity contribution in [2.45, 2.75) is 0 Å². The first-order chi connectivity index (χ1) is 11.1. The van der Waals surface area contributed by atoms with Crippen molar-refractivity contribution < 1.29 is 0 Å².